The van der Waals surface area contributed by atoms with Gasteiger partial charge in [-0.15, -0.1) is 0 Å². The van der Waals surface area contributed by atoms with Crippen LogP contribution in [-0.4, -0.2) is 71.4 Å². The Hall–Kier alpha value is -1.41. The van der Waals surface area contributed by atoms with Crippen molar-refractivity contribution in [2.75, 3.05) is 33.5 Å². The van der Waals surface area contributed by atoms with Crippen molar-refractivity contribution in [1.29, 1.82) is 0 Å². The van der Waals surface area contributed by atoms with Gasteiger partial charge < -0.3 is 14.5 Å². The van der Waals surface area contributed by atoms with Gasteiger partial charge in [-0.3, -0.25) is 4.90 Å². The molecule has 0 N–H and O–H groups in total. The summed E-state index contributed by atoms with van der Waals surface area (Å²) in [7, 11) is 1.83. The summed E-state index contributed by atoms with van der Waals surface area (Å²) in [4.78, 5) is 16.7. The van der Waals surface area contributed by atoms with Crippen LogP contribution in [0.3, 0.4) is 0 Å². The molecule has 0 aromatic heterocycles. The minimum Gasteiger partial charge on any atom is -0.376 e. The molecule has 8 nitrogen and oxygen atoms in total. The Bertz CT molecular complexity index is 379. The number of guanidine groups is 1. The molecule has 0 aromatic carbocycles. The standard InChI is InChI=1S/C12H23N5O3/c1-10(2)16-8-14(3)12(13-17(18)19)15(9-16)7-11-5-4-6-20-11/h10-11H,4-9H2,1-3H3. The normalized spacial score (nSPS) is 26.8. The zero-order chi connectivity index (χ0) is 14.7. The minimum absolute atomic E-state index is 0.146. The summed E-state index contributed by atoms with van der Waals surface area (Å²) < 4.78 is 5.64. The third-order valence-corrected chi connectivity index (χ3v) is 3.72. The Balaban J connectivity index is 2.12. The first kappa shape index (κ1) is 15.0. The van der Waals surface area contributed by atoms with Crippen LogP contribution in [0.1, 0.15) is 26.7 Å². The van der Waals surface area contributed by atoms with Gasteiger partial charge in [0, 0.05) is 26.2 Å². The first-order chi connectivity index (χ1) is 9.47. The van der Waals surface area contributed by atoms with Gasteiger partial charge in [0.05, 0.1) is 19.4 Å². The molecule has 0 aliphatic carbocycles. The summed E-state index contributed by atoms with van der Waals surface area (Å²) in [5.41, 5.74) is 0. The second-order valence-corrected chi connectivity index (χ2v) is 5.66. The maximum Gasteiger partial charge on any atom is 0.275 e. The second kappa shape index (κ2) is 6.36. The second-order valence-electron chi connectivity index (χ2n) is 5.66. The number of ether oxygens (including phenoxy) is 1. The van der Waals surface area contributed by atoms with Gasteiger partial charge in [-0.25, -0.2) is 10.1 Å². The lowest BCUT2D eigenvalue weighted by molar-refractivity contribution is -0.486. The van der Waals surface area contributed by atoms with Crippen molar-refractivity contribution < 1.29 is 9.77 Å². The van der Waals surface area contributed by atoms with Crippen LogP contribution < -0.4 is 0 Å². The van der Waals surface area contributed by atoms with Gasteiger partial charge in [0.15, 0.2) is 5.03 Å². The molecule has 0 spiro atoms. The van der Waals surface area contributed by atoms with Gasteiger partial charge in [0.2, 0.25) is 0 Å². The maximum atomic E-state index is 10.7. The van der Waals surface area contributed by atoms with E-state index in [1.165, 1.54) is 0 Å². The van der Waals surface area contributed by atoms with Gasteiger partial charge in [-0.05, 0) is 26.7 Å². The highest BCUT2D eigenvalue weighted by Crippen LogP contribution is 2.18. The average molecular weight is 285 g/mol. The molecule has 1 unspecified atom stereocenters. The molecule has 2 heterocycles. The summed E-state index contributed by atoms with van der Waals surface area (Å²) in [6.45, 7) is 6.96. The molecule has 2 aliphatic rings. The summed E-state index contributed by atoms with van der Waals surface area (Å²) in [6, 6.07) is 0.376. The number of hydrazone groups is 1. The molecule has 0 saturated carbocycles. The number of hydrogen-bond donors (Lipinski definition) is 0. The monoisotopic (exact) mass is 285 g/mol. The molecular weight excluding hydrogens is 262 g/mol. The van der Waals surface area contributed by atoms with Crippen LogP contribution in [0.5, 0.6) is 0 Å². The van der Waals surface area contributed by atoms with Gasteiger partial charge in [0.1, 0.15) is 5.10 Å². The molecule has 20 heavy (non-hydrogen) atoms. The lowest BCUT2D eigenvalue weighted by atomic mass is 10.2. The van der Waals surface area contributed by atoms with E-state index in [-0.39, 0.29) is 6.10 Å². The van der Waals surface area contributed by atoms with Crippen LogP contribution in [0.2, 0.25) is 0 Å². The van der Waals surface area contributed by atoms with Crippen LogP contribution in [0.15, 0.2) is 5.10 Å². The van der Waals surface area contributed by atoms with Crippen molar-refractivity contribution in [3.63, 3.8) is 0 Å². The van der Waals surface area contributed by atoms with Crippen molar-refractivity contribution in [2.45, 2.75) is 38.8 Å². The predicted octanol–water partition coefficient (Wildman–Crippen LogP) is 0.586. The summed E-state index contributed by atoms with van der Waals surface area (Å²) in [6.07, 6.45) is 2.21. The third-order valence-electron chi connectivity index (χ3n) is 3.72. The van der Waals surface area contributed by atoms with E-state index < -0.39 is 5.03 Å². The SMILES string of the molecule is CC(C)N1CN(C)C(=N[N+](=O)[O-])N(CC2CCCO2)C1. The number of hydrogen-bond acceptors (Lipinski definition) is 4. The third kappa shape index (κ3) is 3.57. The highest BCUT2D eigenvalue weighted by atomic mass is 16.7. The Morgan fingerprint density at radius 3 is 2.80 bits per heavy atom. The van der Waals surface area contributed by atoms with Crippen molar-refractivity contribution >= 4 is 5.96 Å². The first-order valence-electron chi connectivity index (χ1n) is 7.02. The zero-order valence-corrected chi connectivity index (χ0v) is 12.4. The van der Waals surface area contributed by atoms with Gasteiger partial charge in [0.25, 0.3) is 5.96 Å². The predicted molar refractivity (Wildman–Crippen MR) is 74.6 cm³/mol. The molecule has 2 saturated heterocycles. The van der Waals surface area contributed by atoms with Crippen molar-refractivity contribution in [1.82, 2.24) is 14.7 Å². The first-order valence-corrected chi connectivity index (χ1v) is 7.02. The largest absolute Gasteiger partial charge is 0.376 e. The van der Waals surface area contributed by atoms with Crippen molar-refractivity contribution in [2.24, 2.45) is 5.10 Å². The topological polar surface area (TPSA) is 74.5 Å². The van der Waals surface area contributed by atoms with Crippen LogP contribution in [0.4, 0.5) is 0 Å². The fourth-order valence-corrected chi connectivity index (χ4v) is 2.62. The highest BCUT2D eigenvalue weighted by molar-refractivity contribution is 5.79. The Morgan fingerprint density at radius 1 is 1.50 bits per heavy atom. The van der Waals surface area contributed by atoms with E-state index in [0.29, 0.717) is 31.9 Å². The molecule has 2 aliphatic heterocycles. The molecule has 1 atom stereocenters. The van der Waals surface area contributed by atoms with Crippen LogP contribution in [-0.2, 0) is 4.74 Å². The fourth-order valence-electron chi connectivity index (χ4n) is 2.62. The van der Waals surface area contributed by atoms with Crippen LogP contribution in [0, 0.1) is 10.1 Å². The molecule has 2 fully saturated rings. The molecule has 0 bridgehead atoms. The van der Waals surface area contributed by atoms with E-state index in [4.69, 9.17) is 4.74 Å². The van der Waals surface area contributed by atoms with E-state index in [1.807, 2.05) is 16.8 Å². The smallest absolute Gasteiger partial charge is 0.275 e. The molecule has 2 rings (SSSR count). The fraction of sp³-hybridized carbons (Fsp3) is 0.917. The summed E-state index contributed by atoms with van der Waals surface area (Å²) in [5, 5.41) is 13.6. The van der Waals surface area contributed by atoms with E-state index >= 15 is 0 Å². The lowest BCUT2D eigenvalue weighted by Crippen LogP contribution is -2.60. The summed E-state index contributed by atoms with van der Waals surface area (Å²) >= 11 is 0. The quantitative estimate of drug-likeness (QED) is 0.556. The molecule has 114 valence electrons. The number of nitrogens with zero attached hydrogens (tertiary/aromatic N) is 5. The average Bonchev–Trinajstić information content (AvgIpc) is 2.85. The van der Waals surface area contributed by atoms with E-state index in [0.717, 1.165) is 19.4 Å². The number of rotatable bonds is 4. The van der Waals surface area contributed by atoms with E-state index in [2.05, 4.69) is 23.8 Å². The molecule has 0 aromatic rings. The molecule has 0 radical (unpaired) electrons. The zero-order valence-electron chi connectivity index (χ0n) is 12.4. The lowest BCUT2D eigenvalue weighted by Gasteiger charge is -2.44. The van der Waals surface area contributed by atoms with Crippen molar-refractivity contribution in [3.05, 3.63) is 10.1 Å². The van der Waals surface area contributed by atoms with E-state index in [9.17, 15) is 10.1 Å². The van der Waals surface area contributed by atoms with Crippen LogP contribution in [0.25, 0.3) is 0 Å². The van der Waals surface area contributed by atoms with Gasteiger partial charge in [-0.1, -0.05) is 0 Å². The molecule has 8 heteroatoms. The summed E-state index contributed by atoms with van der Waals surface area (Å²) in [5.74, 6) is 0.419. The minimum atomic E-state index is -0.626. The van der Waals surface area contributed by atoms with Crippen molar-refractivity contribution in [3.8, 4) is 0 Å². The molecular formula is C12H23N5O3. The van der Waals surface area contributed by atoms with Gasteiger partial charge >= 0.3 is 0 Å². The van der Waals surface area contributed by atoms with Crippen LogP contribution >= 0.6 is 0 Å². The van der Waals surface area contributed by atoms with Gasteiger partial charge in [-0.2, -0.15) is 0 Å². The number of nitro groups is 1. The Labute approximate surface area is 119 Å². The molecule has 0 amide bonds. The van der Waals surface area contributed by atoms with E-state index in [1.54, 1.807) is 0 Å². The highest BCUT2D eigenvalue weighted by Gasteiger charge is 2.32. The Kier molecular flexibility index (Phi) is 4.77. The Morgan fingerprint density at radius 2 is 2.25 bits per heavy atom. The maximum absolute atomic E-state index is 10.7.